The predicted octanol–water partition coefficient (Wildman–Crippen LogP) is 5.91. The van der Waals surface area contributed by atoms with Crippen LogP contribution in [0.25, 0.3) is 11.0 Å². The van der Waals surface area contributed by atoms with Crippen LogP contribution in [0.5, 0.6) is 11.5 Å². The summed E-state index contributed by atoms with van der Waals surface area (Å²) < 4.78 is 29.8. The van der Waals surface area contributed by atoms with Gasteiger partial charge in [0.05, 0.1) is 12.2 Å². The van der Waals surface area contributed by atoms with E-state index in [4.69, 9.17) is 23.6 Å². The van der Waals surface area contributed by atoms with Gasteiger partial charge in [-0.05, 0) is 95.4 Å². The van der Waals surface area contributed by atoms with Gasteiger partial charge in [-0.2, -0.15) is 0 Å². The maximum absolute atomic E-state index is 6.57. The summed E-state index contributed by atoms with van der Waals surface area (Å²) in [4.78, 5) is 2.58. The summed E-state index contributed by atoms with van der Waals surface area (Å²) in [6.07, 6.45) is 3.66. The minimum Gasteiger partial charge on any atom is -0.491 e. The van der Waals surface area contributed by atoms with E-state index in [1.807, 2.05) is 30.3 Å². The van der Waals surface area contributed by atoms with Crippen molar-refractivity contribution >= 4 is 11.0 Å². The van der Waals surface area contributed by atoms with Gasteiger partial charge in [0.2, 0.25) is 6.29 Å². The first-order chi connectivity index (χ1) is 17.8. The second-order valence-electron chi connectivity index (χ2n) is 11.3. The van der Waals surface area contributed by atoms with Gasteiger partial charge < -0.3 is 18.9 Å². The van der Waals surface area contributed by atoms with E-state index in [-0.39, 0.29) is 23.9 Å². The zero-order valence-corrected chi connectivity index (χ0v) is 22.6. The molecular weight excluding hydrogens is 470 g/mol. The molecule has 200 valence electrons. The normalized spacial score (nSPS) is 24.0. The van der Waals surface area contributed by atoms with Gasteiger partial charge >= 0.3 is 0 Å². The molecule has 5 unspecified atom stereocenters. The summed E-state index contributed by atoms with van der Waals surface area (Å²) >= 11 is 0. The van der Waals surface area contributed by atoms with E-state index in [1.165, 1.54) is 6.42 Å². The van der Waals surface area contributed by atoms with Gasteiger partial charge in [0.25, 0.3) is 0 Å². The number of rotatable bonds is 9. The molecule has 0 bridgehead atoms. The van der Waals surface area contributed by atoms with Gasteiger partial charge in [0, 0.05) is 23.2 Å². The van der Waals surface area contributed by atoms with E-state index < -0.39 is 6.29 Å². The lowest BCUT2D eigenvalue weighted by atomic mass is 9.95. The topological polar surface area (TPSA) is 79.1 Å². The first-order valence-corrected chi connectivity index (χ1v) is 13.5. The molecule has 8 nitrogen and oxygen atoms in total. The van der Waals surface area contributed by atoms with Crippen molar-refractivity contribution in [1.82, 2.24) is 15.2 Å². The Hall–Kier alpha value is -2.68. The van der Waals surface area contributed by atoms with Gasteiger partial charge in [-0.25, -0.2) is 4.63 Å². The number of nitrogens with zero attached hydrogens (tertiary/aromatic N) is 3. The monoisotopic (exact) mass is 509 g/mol. The van der Waals surface area contributed by atoms with Gasteiger partial charge in [0.15, 0.2) is 0 Å². The second kappa shape index (κ2) is 11.0. The number of ether oxygens (including phenoxy) is 4. The van der Waals surface area contributed by atoms with Crippen LogP contribution in [0, 0.1) is 0 Å². The van der Waals surface area contributed by atoms with Crippen molar-refractivity contribution in [2.75, 3.05) is 13.2 Å². The molecule has 0 spiro atoms. The molecule has 1 aromatic heterocycles. The van der Waals surface area contributed by atoms with Crippen LogP contribution in [0.3, 0.4) is 0 Å². The van der Waals surface area contributed by atoms with Gasteiger partial charge in [0.1, 0.15) is 35.2 Å². The summed E-state index contributed by atoms with van der Waals surface area (Å²) in [6, 6.07) is 14.2. The molecule has 0 aliphatic carbocycles. The Bertz CT molecular complexity index is 1180. The molecule has 2 aromatic carbocycles. The van der Waals surface area contributed by atoms with Gasteiger partial charge in [-0.3, -0.25) is 4.90 Å². The van der Waals surface area contributed by atoms with Crippen molar-refractivity contribution in [3.05, 3.63) is 48.0 Å². The molecule has 3 aromatic rings. The lowest BCUT2D eigenvalue weighted by molar-refractivity contribution is -0.192. The Morgan fingerprint density at radius 3 is 2.65 bits per heavy atom. The first-order valence-electron chi connectivity index (χ1n) is 13.5. The molecule has 1 fully saturated rings. The van der Waals surface area contributed by atoms with Crippen molar-refractivity contribution in [3.8, 4) is 11.5 Å². The van der Waals surface area contributed by atoms with Crippen LogP contribution >= 0.6 is 0 Å². The minimum atomic E-state index is -0.429. The number of aromatic nitrogens is 2. The second-order valence-corrected chi connectivity index (χ2v) is 11.3. The lowest BCUT2D eigenvalue weighted by Gasteiger charge is -2.43. The predicted molar refractivity (Wildman–Crippen MR) is 141 cm³/mol. The highest BCUT2D eigenvalue weighted by atomic mass is 16.7. The Morgan fingerprint density at radius 1 is 1.03 bits per heavy atom. The van der Waals surface area contributed by atoms with E-state index in [0.29, 0.717) is 18.2 Å². The van der Waals surface area contributed by atoms with Crippen LogP contribution in [0.2, 0.25) is 0 Å². The molecule has 8 heteroatoms. The summed E-state index contributed by atoms with van der Waals surface area (Å²) in [7, 11) is 0. The molecule has 3 heterocycles. The fraction of sp³-hybridized carbons (Fsp3) is 0.586. The lowest BCUT2D eigenvalue weighted by Crippen LogP contribution is -2.49. The Kier molecular flexibility index (Phi) is 7.70. The highest BCUT2D eigenvalue weighted by Gasteiger charge is 2.42. The Balaban J connectivity index is 1.14. The summed E-state index contributed by atoms with van der Waals surface area (Å²) in [5, 5.41) is 7.71. The van der Waals surface area contributed by atoms with Crippen molar-refractivity contribution in [1.29, 1.82) is 0 Å². The zero-order valence-electron chi connectivity index (χ0n) is 22.6. The van der Waals surface area contributed by atoms with Crippen LogP contribution in [-0.4, -0.2) is 58.4 Å². The third-order valence-corrected chi connectivity index (χ3v) is 7.35. The Labute approximate surface area is 219 Å². The largest absolute Gasteiger partial charge is 0.491 e. The number of para-hydroxylation sites is 1. The quantitative estimate of drug-likeness (QED) is 0.352. The van der Waals surface area contributed by atoms with E-state index in [1.54, 1.807) is 0 Å². The number of hydrogen-bond donors (Lipinski definition) is 0. The molecule has 0 saturated carbocycles. The highest BCUT2D eigenvalue weighted by Crippen LogP contribution is 2.43. The molecule has 5 rings (SSSR count). The molecule has 2 aliphatic rings. The average Bonchev–Trinajstić information content (AvgIpc) is 3.55. The smallest absolute Gasteiger partial charge is 0.224 e. The van der Waals surface area contributed by atoms with Crippen LogP contribution in [0.15, 0.2) is 47.1 Å². The third-order valence-electron chi connectivity index (χ3n) is 7.35. The molecule has 37 heavy (non-hydrogen) atoms. The molecular formula is C29H39N3O5. The van der Waals surface area contributed by atoms with Crippen molar-refractivity contribution in [3.63, 3.8) is 0 Å². The van der Waals surface area contributed by atoms with Crippen molar-refractivity contribution < 1.29 is 23.6 Å². The molecule has 0 N–H and O–H groups in total. The fourth-order valence-electron chi connectivity index (χ4n) is 5.46. The highest BCUT2D eigenvalue weighted by molar-refractivity contribution is 5.74. The van der Waals surface area contributed by atoms with E-state index >= 15 is 0 Å². The number of hydrogen-bond acceptors (Lipinski definition) is 8. The van der Waals surface area contributed by atoms with Gasteiger partial charge in [-0.1, -0.05) is 18.2 Å². The zero-order chi connectivity index (χ0) is 26.0. The van der Waals surface area contributed by atoms with Crippen LogP contribution in [0.1, 0.15) is 72.0 Å². The standard InChI is InChI=1S/C29H39N3O5/c1-19(12-13-20(2)34-21-14-15-23-24(17-21)31-37-30-23)33-18-27-35-26-11-7-6-9-22(26)28(36-27)25-10-8-16-32(25)29(3,4)5/h6-7,9,11,14-15,17,19-20,25,27-28H,8,10,12-13,16,18H2,1-5H3. The van der Waals surface area contributed by atoms with Gasteiger partial charge in [-0.15, -0.1) is 0 Å². The average molecular weight is 510 g/mol. The molecule has 1 saturated heterocycles. The van der Waals surface area contributed by atoms with E-state index in [2.05, 4.69) is 62.0 Å². The summed E-state index contributed by atoms with van der Waals surface area (Å²) in [6.45, 7) is 12.5. The van der Waals surface area contributed by atoms with Crippen molar-refractivity contribution in [2.24, 2.45) is 0 Å². The van der Waals surface area contributed by atoms with Crippen molar-refractivity contribution in [2.45, 2.75) is 96.5 Å². The van der Waals surface area contributed by atoms with E-state index in [0.717, 1.165) is 48.4 Å². The number of fused-ring (bicyclic) bond motifs is 2. The van der Waals surface area contributed by atoms with E-state index in [9.17, 15) is 0 Å². The first kappa shape index (κ1) is 25.9. The number of benzene rings is 2. The Morgan fingerprint density at radius 2 is 1.81 bits per heavy atom. The third kappa shape index (κ3) is 6.08. The van der Waals surface area contributed by atoms with Crippen LogP contribution in [-0.2, 0) is 9.47 Å². The summed E-state index contributed by atoms with van der Waals surface area (Å²) in [5.41, 5.74) is 2.64. The maximum atomic E-state index is 6.57. The van der Waals surface area contributed by atoms with Crippen LogP contribution in [0.4, 0.5) is 0 Å². The summed E-state index contributed by atoms with van der Waals surface area (Å²) in [5.74, 6) is 1.66. The SMILES string of the molecule is CC(CCC(C)Oc1ccc2nonc2c1)OCC1Oc2ccccc2C(C2CCCN2C(C)(C)C)O1. The minimum absolute atomic E-state index is 0.0266. The molecule has 2 aliphatic heterocycles. The maximum Gasteiger partial charge on any atom is 0.224 e. The molecule has 5 atom stereocenters. The number of likely N-dealkylation sites (tertiary alicyclic amines) is 1. The molecule has 0 amide bonds. The van der Waals surface area contributed by atoms with Crippen LogP contribution < -0.4 is 9.47 Å². The fourth-order valence-corrected chi connectivity index (χ4v) is 5.46. The molecule has 0 radical (unpaired) electrons.